The number of benzene rings is 2. The van der Waals surface area contributed by atoms with E-state index in [2.05, 4.69) is 10.4 Å². The molecule has 10 heteroatoms. The van der Waals surface area contributed by atoms with Crippen LogP contribution < -0.4 is 5.32 Å². The molecule has 1 aliphatic rings. The highest BCUT2D eigenvalue weighted by atomic mass is 32.2. The van der Waals surface area contributed by atoms with Gasteiger partial charge in [-0.3, -0.25) is 4.79 Å². The van der Waals surface area contributed by atoms with Crippen LogP contribution in [-0.2, 0) is 14.8 Å². The Bertz CT molecular complexity index is 1440. The maximum atomic E-state index is 13.4. The Labute approximate surface area is 207 Å². The average molecular weight is 509 g/mol. The van der Waals surface area contributed by atoms with E-state index in [0.717, 1.165) is 10.6 Å². The van der Waals surface area contributed by atoms with Crippen molar-refractivity contribution in [2.75, 3.05) is 31.6 Å². The number of carbonyl (C=O) groups excluding carboxylic acids is 1. The van der Waals surface area contributed by atoms with E-state index in [1.165, 1.54) is 10.4 Å². The smallest absolute Gasteiger partial charge is 0.274 e. The van der Waals surface area contributed by atoms with Crippen LogP contribution in [0.1, 0.15) is 16.1 Å². The largest absolute Gasteiger partial charge is 0.379 e. The maximum absolute atomic E-state index is 13.4. The summed E-state index contributed by atoms with van der Waals surface area (Å²) in [7, 11) is -3.71. The number of rotatable bonds is 6. The van der Waals surface area contributed by atoms with Crippen LogP contribution >= 0.6 is 11.3 Å². The fourth-order valence-corrected chi connectivity index (χ4v) is 6.27. The van der Waals surface area contributed by atoms with Crippen molar-refractivity contribution in [1.82, 2.24) is 14.1 Å². The summed E-state index contributed by atoms with van der Waals surface area (Å²) >= 11 is 1.54. The second kappa shape index (κ2) is 9.74. The molecule has 0 radical (unpaired) electrons. The second-order valence-electron chi connectivity index (χ2n) is 8.09. The van der Waals surface area contributed by atoms with Gasteiger partial charge in [0.05, 0.1) is 28.7 Å². The molecular formula is C25H24N4O4S2. The van der Waals surface area contributed by atoms with Crippen LogP contribution in [0.5, 0.6) is 0 Å². The van der Waals surface area contributed by atoms with Gasteiger partial charge in [0.1, 0.15) is 11.4 Å². The first kappa shape index (κ1) is 23.4. The number of carbonyl (C=O) groups is 1. The number of hydrogen-bond acceptors (Lipinski definition) is 6. The number of amides is 1. The molecule has 8 nitrogen and oxygen atoms in total. The van der Waals surface area contributed by atoms with Gasteiger partial charge in [0.15, 0.2) is 0 Å². The third-order valence-electron chi connectivity index (χ3n) is 5.75. The number of aromatic nitrogens is 2. The lowest BCUT2D eigenvalue weighted by molar-refractivity contribution is 0.0730. The number of ether oxygens (including phenoxy) is 1. The molecule has 0 spiro atoms. The van der Waals surface area contributed by atoms with Crippen molar-refractivity contribution < 1.29 is 17.9 Å². The van der Waals surface area contributed by atoms with Gasteiger partial charge >= 0.3 is 0 Å². The number of para-hydroxylation sites is 1. The van der Waals surface area contributed by atoms with Crippen LogP contribution in [0.25, 0.3) is 16.3 Å². The highest BCUT2D eigenvalue weighted by Crippen LogP contribution is 2.28. The molecule has 0 atom stereocenters. The van der Waals surface area contributed by atoms with Crippen LogP contribution in [0.3, 0.4) is 0 Å². The molecule has 2 aromatic heterocycles. The lowest BCUT2D eigenvalue weighted by Crippen LogP contribution is -2.40. The number of thiophene rings is 1. The molecule has 1 fully saturated rings. The zero-order valence-electron chi connectivity index (χ0n) is 19.0. The third kappa shape index (κ3) is 4.78. The van der Waals surface area contributed by atoms with E-state index in [1.54, 1.807) is 41.1 Å². The number of anilines is 1. The SMILES string of the molecule is Cc1ccc(NC(=O)c2cc(-c3cccs3)nn2-c2ccccc2)cc1S(=O)(=O)N1CCOCC1. The predicted octanol–water partition coefficient (Wildman–Crippen LogP) is 4.18. The molecule has 35 heavy (non-hydrogen) atoms. The van der Waals surface area contributed by atoms with Crippen molar-refractivity contribution in [2.24, 2.45) is 0 Å². The van der Waals surface area contributed by atoms with Crippen molar-refractivity contribution in [3.8, 4) is 16.3 Å². The van der Waals surface area contributed by atoms with Gasteiger partial charge in [0, 0.05) is 18.8 Å². The molecule has 2 aromatic carbocycles. The van der Waals surface area contributed by atoms with Crippen molar-refractivity contribution in [1.29, 1.82) is 0 Å². The molecule has 0 unspecified atom stereocenters. The summed E-state index contributed by atoms with van der Waals surface area (Å²) in [5, 5.41) is 9.49. The summed E-state index contributed by atoms with van der Waals surface area (Å²) < 4.78 is 34.8. The molecule has 180 valence electrons. The maximum Gasteiger partial charge on any atom is 0.274 e. The second-order valence-corrected chi connectivity index (χ2v) is 10.9. The Morgan fingerprint density at radius 1 is 1.03 bits per heavy atom. The molecule has 0 saturated carbocycles. The van der Waals surface area contributed by atoms with Gasteiger partial charge in [-0.15, -0.1) is 11.3 Å². The van der Waals surface area contributed by atoms with E-state index in [0.29, 0.717) is 48.9 Å². The zero-order valence-corrected chi connectivity index (χ0v) is 20.7. The summed E-state index contributed by atoms with van der Waals surface area (Å²) in [6.45, 7) is 3.09. The highest BCUT2D eigenvalue weighted by molar-refractivity contribution is 7.89. The van der Waals surface area contributed by atoms with Gasteiger partial charge in [-0.05, 0) is 54.3 Å². The van der Waals surface area contributed by atoms with E-state index in [4.69, 9.17) is 4.74 Å². The average Bonchev–Trinajstić information content (AvgIpc) is 3.57. The van der Waals surface area contributed by atoms with E-state index in [1.807, 2.05) is 47.8 Å². The van der Waals surface area contributed by atoms with E-state index in [-0.39, 0.29) is 10.8 Å². The van der Waals surface area contributed by atoms with E-state index in [9.17, 15) is 13.2 Å². The number of nitrogens with one attached hydrogen (secondary N) is 1. The Hall–Kier alpha value is -3.31. The normalized spacial score (nSPS) is 14.7. The Morgan fingerprint density at radius 3 is 2.51 bits per heavy atom. The summed E-state index contributed by atoms with van der Waals surface area (Å²) in [4.78, 5) is 14.5. The van der Waals surface area contributed by atoms with Crippen LogP contribution in [0.4, 0.5) is 5.69 Å². The standard InChI is InChI=1S/C25H24N4O4S2/c1-18-9-10-19(16-24(18)35(31,32)28-11-13-33-14-12-28)26-25(30)22-17-21(23-8-5-15-34-23)27-29(22)20-6-3-2-4-7-20/h2-10,15-17H,11-14H2,1H3,(H,26,30). The number of hydrogen-bond donors (Lipinski definition) is 1. The molecule has 1 saturated heterocycles. The molecule has 4 aromatic rings. The van der Waals surface area contributed by atoms with Gasteiger partial charge in [0.25, 0.3) is 5.91 Å². The van der Waals surface area contributed by atoms with Crippen LogP contribution in [0, 0.1) is 6.92 Å². The minimum Gasteiger partial charge on any atom is -0.379 e. The molecule has 3 heterocycles. The first-order chi connectivity index (χ1) is 16.9. The number of sulfonamides is 1. The van der Waals surface area contributed by atoms with Gasteiger partial charge in [-0.2, -0.15) is 9.40 Å². The van der Waals surface area contributed by atoms with Crippen molar-refractivity contribution >= 4 is 33.0 Å². The van der Waals surface area contributed by atoms with Gasteiger partial charge < -0.3 is 10.1 Å². The molecule has 1 aliphatic heterocycles. The van der Waals surface area contributed by atoms with Gasteiger partial charge in [-0.1, -0.05) is 30.3 Å². The molecule has 1 amide bonds. The van der Waals surface area contributed by atoms with Crippen LogP contribution in [0.2, 0.25) is 0 Å². The number of aryl methyl sites for hydroxylation is 1. The summed E-state index contributed by atoms with van der Waals surface area (Å²) in [6, 6.07) is 20.0. The molecule has 0 bridgehead atoms. The fourth-order valence-electron chi connectivity index (χ4n) is 3.93. The number of nitrogens with zero attached hydrogens (tertiary/aromatic N) is 3. The molecule has 5 rings (SSSR count). The van der Waals surface area contributed by atoms with Crippen LogP contribution in [-0.4, -0.2) is 54.7 Å². The van der Waals surface area contributed by atoms with Crippen LogP contribution in [0.15, 0.2) is 77.0 Å². The third-order valence-corrected chi connectivity index (χ3v) is 8.68. The summed E-state index contributed by atoms with van der Waals surface area (Å²) in [5.41, 5.74) is 2.79. The summed E-state index contributed by atoms with van der Waals surface area (Å²) in [6.07, 6.45) is 0. The predicted molar refractivity (Wildman–Crippen MR) is 136 cm³/mol. The Balaban J connectivity index is 1.48. The zero-order chi connectivity index (χ0) is 24.4. The fraction of sp³-hybridized carbons (Fsp3) is 0.200. The Kier molecular flexibility index (Phi) is 6.52. The minimum absolute atomic E-state index is 0.174. The monoisotopic (exact) mass is 508 g/mol. The van der Waals surface area contributed by atoms with E-state index >= 15 is 0 Å². The van der Waals surface area contributed by atoms with Crippen molar-refractivity contribution in [2.45, 2.75) is 11.8 Å². The molecule has 0 aliphatic carbocycles. The Morgan fingerprint density at radius 2 is 1.80 bits per heavy atom. The highest BCUT2D eigenvalue weighted by Gasteiger charge is 2.28. The first-order valence-corrected chi connectivity index (χ1v) is 13.4. The lowest BCUT2D eigenvalue weighted by atomic mass is 10.2. The minimum atomic E-state index is -3.71. The molecule has 1 N–H and O–H groups in total. The lowest BCUT2D eigenvalue weighted by Gasteiger charge is -2.26. The quantitative estimate of drug-likeness (QED) is 0.422. The molecular weight excluding hydrogens is 484 g/mol. The van der Waals surface area contributed by atoms with Gasteiger partial charge in [-0.25, -0.2) is 13.1 Å². The topological polar surface area (TPSA) is 93.5 Å². The number of morpholine rings is 1. The van der Waals surface area contributed by atoms with Crippen molar-refractivity contribution in [3.63, 3.8) is 0 Å². The van der Waals surface area contributed by atoms with Gasteiger partial charge in [0.2, 0.25) is 10.0 Å². The first-order valence-electron chi connectivity index (χ1n) is 11.1. The van der Waals surface area contributed by atoms with Crippen molar-refractivity contribution in [3.05, 3.63) is 83.4 Å². The summed E-state index contributed by atoms with van der Waals surface area (Å²) in [5.74, 6) is -0.386. The van der Waals surface area contributed by atoms with E-state index < -0.39 is 10.0 Å².